The van der Waals surface area contributed by atoms with Gasteiger partial charge in [0.05, 0.1) is 0 Å². The predicted octanol–water partition coefficient (Wildman–Crippen LogP) is 3.64. The van der Waals surface area contributed by atoms with Crippen molar-refractivity contribution in [1.29, 1.82) is 0 Å². The van der Waals surface area contributed by atoms with Crippen LogP contribution in [0.3, 0.4) is 0 Å². The summed E-state index contributed by atoms with van der Waals surface area (Å²) in [5.74, 6) is 0.449. The Hall–Kier alpha value is -1.04. The van der Waals surface area contributed by atoms with Crippen LogP contribution in [0.5, 0.6) is 0 Å². The Bertz CT molecular complexity index is 251. The minimum Gasteiger partial charge on any atom is -0.0989 e. The summed E-state index contributed by atoms with van der Waals surface area (Å²) in [6.45, 7) is 8.38. The Kier molecular flexibility index (Phi) is 3.09. The molecule has 0 spiro atoms. The molecule has 1 rings (SSSR count). The molecule has 0 aliphatic heterocycles. The van der Waals surface area contributed by atoms with E-state index in [9.17, 15) is 0 Å². The van der Waals surface area contributed by atoms with Crippen LogP contribution in [0.1, 0.15) is 20.3 Å². The van der Waals surface area contributed by atoms with E-state index in [-0.39, 0.29) is 0 Å². The Morgan fingerprint density at radius 1 is 1.42 bits per heavy atom. The standard InChI is InChI=1S/C12H16/c1-4-10(2)12-9-7-5-6-8-11(12)3/h5-9,12H,2,4H2,1,3H3. The highest BCUT2D eigenvalue weighted by atomic mass is 14.1. The molecule has 1 atom stereocenters. The van der Waals surface area contributed by atoms with E-state index in [1.807, 2.05) is 0 Å². The van der Waals surface area contributed by atoms with E-state index in [4.69, 9.17) is 0 Å². The summed E-state index contributed by atoms with van der Waals surface area (Å²) in [4.78, 5) is 0. The zero-order valence-corrected chi connectivity index (χ0v) is 7.88. The minimum atomic E-state index is 0.449. The van der Waals surface area contributed by atoms with Gasteiger partial charge in [0.1, 0.15) is 0 Å². The largest absolute Gasteiger partial charge is 0.0989 e. The first-order valence-corrected chi connectivity index (χ1v) is 4.45. The molecular weight excluding hydrogens is 144 g/mol. The van der Waals surface area contributed by atoms with Crippen molar-refractivity contribution in [2.24, 2.45) is 5.92 Å². The molecule has 0 heteroatoms. The zero-order valence-electron chi connectivity index (χ0n) is 7.88. The molecule has 0 saturated carbocycles. The normalized spacial score (nSPS) is 21.8. The van der Waals surface area contributed by atoms with Gasteiger partial charge in [-0.3, -0.25) is 0 Å². The molecule has 0 amide bonds. The van der Waals surface area contributed by atoms with E-state index in [0.29, 0.717) is 5.92 Å². The topological polar surface area (TPSA) is 0 Å². The molecule has 1 unspecified atom stereocenters. The maximum atomic E-state index is 4.07. The van der Waals surface area contributed by atoms with E-state index in [1.165, 1.54) is 11.1 Å². The Balaban J connectivity index is 2.83. The van der Waals surface area contributed by atoms with Gasteiger partial charge in [-0.05, 0) is 13.3 Å². The molecule has 0 saturated heterocycles. The number of rotatable bonds is 2. The van der Waals surface area contributed by atoms with Crippen molar-refractivity contribution in [2.75, 3.05) is 0 Å². The molecule has 0 heterocycles. The second-order valence-electron chi connectivity index (χ2n) is 3.17. The maximum Gasteiger partial charge on any atom is 0.0187 e. The van der Waals surface area contributed by atoms with Crippen molar-refractivity contribution in [2.45, 2.75) is 20.3 Å². The predicted molar refractivity (Wildman–Crippen MR) is 55.0 cm³/mol. The molecule has 0 N–H and O–H groups in total. The lowest BCUT2D eigenvalue weighted by Gasteiger charge is -2.14. The highest BCUT2D eigenvalue weighted by Gasteiger charge is 2.09. The van der Waals surface area contributed by atoms with Crippen LogP contribution < -0.4 is 0 Å². The second-order valence-corrected chi connectivity index (χ2v) is 3.17. The molecule has 0 aromatic rings. The van der Waals surface area contributed by atoms with Gasteiger partial charge in [0.25, 0.3) is 0 Å². The molecule has 0 fully saturated rings. The van der Waals surface area contributed by atoms with Crippen molar-refractivity contribution in [1.82, 2.24) is 0 Å². The summed E-state index contributed by atoms with van der Waals surface area (Å²) < 4.78 is 0. The molecule has 64 valence electrons. The Morgan fingerprint density at radius 2 is 2.17 bits per heavy atom. The van der Waals surface area contributed by atoms with Crippen molar-refractivity contribution in [3.8, 4) is 0 Å². The molecule has 0 radical (unpaired) electrons. The van der Waals surface area contributed by atoms with Gasteiger partial charge in [0.2, 0.25) is 0 Å². The van der Waals surface area contributed by atoms with Crippen LogP contribution >= 0.6 is 0 Å². The second kappa shape index (κ2) is 4.10. The fraction of sp³-hybridized carbons (Fsp3) is 0.333. The Labute approximate surface area is 75.0 Å². The lowest BCUT2D eigenvalue weighted by molar-refractivity contribution is 0.842. The maximum absolute atomic E-state index is 4.07. The van der Waals surface area contributed by atoms with Crippen molar-refractivity contribution in [3.05, 3.63) is 48.1 Å². The SMILES string of the molecule is C=C(CC)C1C=CC=CC=C1C. The summed E-state index contributed by atoms with van der Waals surface area (Å²) in [6, 6.07) is 0. The van der Waals surface area contributed by atoms with Gasteiger partial charge in [-0.2, -0.15) is 0 Å². The third kappa shape index (κ3) is 1.97. The third-order valence-corrected chi connectivity index (χ3v) is 2.27. The smallest absolute Gasteiger partial charge is 0.0187 e. The average molecular weight is 160 g/mol. The summed E-state index contributed by atoms with van der Waals surface area (Å²) in [6.07, 6.45) is 11.7. The van der Waals surface area contributed by atoms with Crippen LogP contribution in [0.2, 0.25) is 0 Å². The monoisotopic (exact) mass is 160 g/mol. The quantitative estimate of drug-likeness (QED) is 0.541. The van der Waals surface area contributed by atoms with Gasteiger partial charge < -0.3 is 0 Å². The van der Waals surface area contributed by atoms with E-state index in [2.05, 4.69) is 50.8 Å². The van der Waals surface area contributed by atoms with Gasteiger partial charge in [0, 0.05) is 5.92 Å². The first-order valence-electron chi connectivity index (χ1n) is 4.45. The van der Waals surface area contributed by atoms with Crippen LogP contribution in [-0.2, 0) is 0 Å². The summed E-state index contributed by atoms with van der Waals surface area (Å²) >= 11 is 0. The Morgan fingerprint density at radius 3 is 2.83 bits per heavy atom. The van der Waals surface area contributed by atoms with E-state index in [0.717, 1.165) is 6.42 Å². The molecule has 0 bridgehead atoms. The van der Waals surface area contributed by atoms with Crippen molar-refractivity contribution in [3.63, 3.8) is 0 Å². The highest BCUT2D eigenvalue weighted by molar-refractivity contribution is 5.31. The number of allylic oxidation sites excluding steroid dienone is 7. The first kappa shape index (κ1) is 9.05. The highest BCUT2D eigenvalue weighted by Crippen LogP contribution is 2.24. The minimum absolute atomic E-state index is 0.449. The molecular formula is C12H16. The van der Waals surface area contributed by atoms with Crippen LogP contribution in [-0.4, -0.2) is 0 Å². The molecule has 0 nitrogen and oxygen atoms in total. The van der Waals surface area contributed by atoms with E-state index >= 15 is 0 Å². The summed E-state index contributed by atoms with van der Waals surface area (Å²) in [5, 5.41) is 0. The van der Waals surface area contributed by atoms with Crippen LogP contribution in [0, 0.1) is 5.92 Å². The average Bonchev–Trinajstić information content (AvgIpc) is 2.28. The van der Waals surface area contributed by atoms with E-state index in [1.54, 1.807) is 0 Å². The van der Waals surface area contributed by atoms with Gasteiger partial charge in [-0.25, -0.2) is 0 Å². The fourth-order valence-electron chi connectivity index (χ4n) is 1.38. The van der Waals surface area contributed by atoms with E-state index < -0.39 is 0 Å². The van der Waals surface area contributed by atoms with Crippen LogP contribution in [0.4, 0.5) is 0 Å². The molecule has 1 aliphatic rings. The summed E-state index contributed by atoms with van der Waals surface area (Å²) in [7, 11) is 0. The summed E-state index contributed by atoms with van der Waals surface area (Å²) in [5.41, 5.74) is 2.68. The van der Waals surface area contributed by atoms with Gasteiger partial charge in [-0.1, -0.05) is 55.0 Å². The zero-order chi connectivity index (χ0) is 8.97. The molecule has 12 heavy (non-hydrogen) atoms. The third-order valence-electron chi connectivity index (χ3n) is 2.27. The number of hydrogen-bond acceptors (Lipinski definition) is 0. The van der Waals surface area contributed by atoms with Crippen molar-refractivity contribution < 1.29 is 0 Å². The lowest BCUT2D eigenvalue weighted by atomic mass is 9.91. The van der Waals surface area contributed by atoms with Crippen LogP contribution in [0.15, 0.2) is 48.1 Å². The fourth-order valence-corrected chi connectivity index (χ4v) is 1.38. The van der Waals surface area contributed by atoms with Gasteiger partial charge >= 0.3 is 0 Å². The molecule has 1 aliphatic carbocycles. The van der Waals surface area contributed by atoms with Crippen molar-refractivity contribution >= 4 is 0 Å². The van der Waals surface area contributed by atoms with Crippen LogP contribution in [0.25, 0.3) is 0 Å². The number of hydrogen-bond donors (Lipinski definition) is 0. The first-order chi connectivity index (χ1) is 5.75. The van der Waals surface area contributed by atoms with Gasteiger partial charge in [-0.15, -0.1) is 0 Å². The van der Waals surface area contributed by atoms with Gasteiger partial charge in [0.15, 0.2) is 0 Å². The molecule has 0 aromatic carbocycles. The molecule has 0 aromatic heterocycles. The lowest BCUT2D eigenvalue weighted by Crippen LogP contribution is -2.00.